The minimum Gasteiger partial charge on any atom is -0.494 e. The predicted molar refractivity (Wildman–Crippen MR) is 57.9 cm³/mol. The minimum absolute atomic E-state index is 0.176. The molecule has 0 N–H and O–H groups in total. The first-order valence-corrected chi connectivity index (χ1v) is 4.84. The van der Waals surface area contributed by atoms with Crippen molar-refractivity contribution in [3.05, 3.63) is 27.2 Å². The van der Waals surface area contributed by atoms with Crippen LogP contribution in [-0.4, -0.2) is 12.4 Å². The van der Waals surface area contributed by atoms with Crippen molar-refractivity contribution in [1.82, 2.24) is 0 Å². The van der Waals surface area contributed by atoms with E-state index in [0.29, 0.717) is 15.6 Å². The number of hydrogen-bond acceptors (Lipinski definition) is 2. The van der Waals surface area contributed by atoms with Gasteiger partial charge in [0, 0.05) is 5.02 Å². The molecule has 0 heterocycles. The summed E-state index contributed by atoms with van der Waals surface area (Å²) in [7, 11) is 1.41. The molecule has 1 rings (SSSR count). The molecule has 0 amide bonds. The number of benzene rings is 1. The first-order chi connectivity index (χ1) is 6.49. The fraction of sp³-hybridized carbons (Fsp3) is 0.222. The van der Waals surface area contributed by atoms with Crippen molar-refractivity contribution in [2.24, 2.45) is 0 Å². The molecule has 0 aliphatic rings. The third kappa shape index (κ3) is 1.97. The molecule has 0 bridgehead atoms. The van der Waals surface area contributed by atoms with Crippen molar-refractivity contribution in [3.8, 4) is 5.75 Å². The number of halogens is 3. The molecule has 0 aromatic heterocycles. The van der Waals surface area contributed by atoms with E-state index in [1.54, 1.807) is 6.92 Å². The van der Waals surface area contributed by atoms with E-state index in [1.807, 2.05) is 0 Å². The van der Waals surface area contributed by atoms with E-state index in [0.717, 1.165) is 0 Å². The van der Waals surface area contributed by atoms with Crippen LogP contribution in [0.5, 0.6) is 5.75 Å². The summed E-state index contributed by atoms with van der Waals surface area (Å²) in [6.45, 7) is 1.73. The number of rotatable bonds is 2. The summed E-state index contributed by atoms with van der Waals surface area (Å²) < 4.78 is 4.98. The summed E-state index contributed by atoms with van der Waals surface area (Å²) in [6, 6.07) is 1.44. The van der Waals surface area contributed by atoms with Crippen molar-refractivity contribution >= 4 is 40.0 Å². The molecule has 14 heavy (non-hydrogen) atoms. The van der Waals surface area contributed by atoms with Crippen LogP contribution in [0.15, 0.2) is 6.07 Å². The van der Waals surface area contributed by atoms with E-state index in [4.69, 9.17) is 39.5 Å². The van der Waals surface area contributed by atoms with Gasteiger partial charge in [-0.05, 0) is 30.2 Å². The molecule has 0 spiro atoms. The van der Waals surface area contributed by atoms with Gasteiger partial charge < -0.3 is 4.74 Å². The Morgan fingerprint density at radius 2 is 2.00 bits per heavy atom. The molecule has 0 fully saturated rings. The maximum atomic E-state index is 11.0. The fourth-order valence-corrected chi connectivity index (χ4v) is 1.71. The molecular formula is C9H7Cl3O2. The van der Waals surface area contributed by atoms with Gasteiger partial charge in [-0.3, -0.25) is 4.79 Å². The quantitative estimate of drug-likeness (QED) is 0.752. The van der Waals surface area contributed by atoms with Crippen molar-refractivity contribution < 1.29 is 9.53 Å². The van der Waals surface area contributed by atoms with Crippen molar-refractivity contribution in [1.29, 1.82) is 0 Å². The molecule has 5 heteroatoms. The SMILES string of the molecule is COc1c(C(=O)Cl)cc(Cl)c(C)c1Cl. The van der Waals surface area contributed by atoms with Gasteiger partial charge in [-0.2, -0.15) is 0 Å². The topological polar surface area (TPSA) is 26.3 Å². The molecule has 0 saturated heterocycles. The highest BCUT2D eigenvalue weighted by Gasteiger charge is 2.17. The molecular weight excluding hydrogens is 246 g/mol. The molecule has 76 valence electrons. The van der Waals surface area contributed by atoms with E-state index in [9.17, 15) is 4.79 Å². The first-order valence-electron chi connectivity index (χ1n) is 3.71. The van der Waals surface area contributed by atoms with Crippen molar-refractivity contribution in [3.63, 3.8) is 0 Å². The highest BCUT2D eigenvalue weighted by atomic mass is 35.5. The van der Waals surface area contributed by atoms with E-state index >= 15 is 0 Å². The molecule has 0 aliphatic heterocycles. The molecule has 0 aliphatic carbocycles. The summed E-state index contributed by atoms with van der Waals surface area (Å²) >= 11 is 17.1. The highest BCUT2D eigenvalue weighted by Crippen LogP contribution is 2.36. The summed E-state index contributed by atoms with van der Waals surface area (Å²) in [4.78, 5) is 11.0. The van der Waals surface area contributed by atoms with Gasteiger partial charge in [0.1, 0.15) is 5.75 Å². The van der Waals surface area contributed by atoms with Gasteiger partial charge in [0.25, 0.3) is 5.24 Å². The van der Waals surface area contributed by atoms with Crippen LogP contribution in [0.1, 0.15) is 15.9 Å². The summed E-state index contributed by atoms with van der Waals surface area (Å²) in [6.07, 6.45) is 0. The van der Waals surface area contributed by atoms with Gasteiger partial charge in [0.15, 0.2) is 0 Å². The van der Waals surface area contributed by atoms with E-state index < -0.39 is 5.24 Å². The zero-order valence-corrected chi connectivity index (χ0v) is 9.80. The first kappa shape index (κ1) is 11.6. The fourth-order valence-electron chi connectivity index (χ4n) is 1.04. The Balaban J connectivity index is 3.51. The smallest absolute Gasteiger partial charge is 0.256 e. The largest absolute Gasteiger partial charge is 0.494 e. The Labute approximate surface area is 96.7 Å². The van der Waals surface area contributed by atoms with Gasteiger partial charge in [-0.15, -0.1) is 0 Å². The lowest BCUT2D eigenvalue weighted by Gasteiger charge is -2.10. The Morgan fingerprint density at radius 1 is 1.43 bits per heavy atom. The third-order valence-electron chi connectivity index (χ3n) is 1.82. The molecule has 0 saturated carbocycles. The predicted octanol–water partition coefficient (Wildman–Crippen LogP) is 3.69. The van der Waals surface area contributed by atoms with Gasteiger partial charge in [-0.25, -0.2) is 0 Å². The lowest BCUT2D eigenvalue weighted by atomic mass is 10.1. The normalized spacial score (nSPS) is 10.1. The van der Waals surface area contributed by atoms with Gasteiger partial charge in [-0.1, -0.05) is 23.2 Å². The summed E-state index contributed by atoms with van der Waals surface area (Å²) in [5, 5.41) is 0.0504. The maximum absolute atomic E-state index is 11.0. The molecule has 2 nitrogen and oxygen atoms in total. The van der Waals surface area contributed by atoms with Crippen LogP contribution >= 0.6 is 34.8 Å². The molecule has 0 unspecified atom stereocenters. The maximum Gasteiger partial charge on any atom is 0.256 e. The van der Waals surface area contributed by atoms with Crippen LogP contribution in [0, 0.1) is 6.92 Å². The van der Waals surface area contributed by atoms with Crippen molar-refractivity contribution in [2.45, 2.75) is 6.92 Å². The lowest BCUT2D eigenvalue weighted by Crippen LogP contribution is -1.98. The van der Waals surface area contributed by atoms with Crippen LogP contribution < -0.4 is 4.74 Å². The molecule has 0 atom stereocenters. The standard InChI is InChI=1S/C9H7Cl3O2/c1-4-6(10)3-5(9(12)13)8(14-2)7(4)11/h3H,1-2H3. The van der Waals surface area contributed by atoms with Crippen molar-refractivity contribution in [2.75, 3.05) is 7.11 Å². The van der Waals surface area contributed by atoms with Gasteiger partial charge >= 0.3 is 0 Å². The van der Waals surface area contributed by atoms with E-state index in [2.05, 4.69) is 0 Å². The average Bonchev–Trinajstić information content (AvgIpc) is 2.13. The number of ether oxygens (including phenoxy) is 1. The minimum atomic E-state index is -0.648. The number of hydrogen-bond donors (Lipinski definition) is 0. The Hall–Kier alpha value is -0.440. The summed E-state index contributed by atoms with van der Waals surface area (Å²) in [5.41, 5.74) is 0.835. The molecule has 1 aromatic carbocycles. The van der Waals surface area contributed by atoms with Crippen LogP contribution in [0.3, 0.4) is 0 Å². The number of carbonyl (C=O) groups is 1. The van der Waals surface area contributed by atoms with Crippen LogP contribution in [0.2, 0.25) is 10.0 Å². The Kier molecular flexibility index (Phi) is 3.65. The van der Waals surface area contributed by atoms with E-state index in [-0.39, 0.29) is 11.3 Å². The van der Waals surface area contributed by atoms with Crippen LogP contribution in [-0.2, 0) is 0 Å². The third-order valence-corrected chi connectivity index (χ3v) is 2.87. The zero-order chi connectivity index (χ0) is 10.9. The Bertz CT molecular complexity index is 388. The van der Waals surface area contributed by atoms with Crippen LogP contribution in [0.25, 0.3) is 0 Å². The lowest BCUT2D eigenvalue weighted by molar-refractivity contribution is 0.107. The number of carbonyl (C=O) groups excluding carboxylic acids is 1. The molecule has 1 aromatic rings. The zero-order valence-electron chi connectivity index (χ0n) is 7.53. The second kappa shape index (κ2) is 4.39. The molecule has 0 radical (unpaired) electrons. The van der Waals surface area contributed by atoms with Crippen LogP contribution in [0.4, 0.5) is 0 Å². The second-order valence-corrected chi connectivity index (χ2v) is 3.78. The monoisotopic (exact) mass is 252 g/mol. The summed E-state index contributed by atoms with van der Waals surface area (Å²) in [5.74, 6) is 0.258. The van der Waals surface area contributed by atoms with Gasteiger partial charge in [0.2, 0.25) is 0 Å². The average molecular weight is 254 g/mol. The second-order valence-electron chi connectivity index (χ2n) is 2.65. The van der Waals surface area contributed by atoms with Gasteiger partial charge in [0.05, 0.1) is 17.7 Å². The van der Waals surface area contributed by atoms with E-state index in [1.165, 1.54) is 13.2 Å². The number of methoxy groups -OCH3 is 1. The Morgan fingerprint density at radius 3 is 2.43 bits per heavy atom. The highest BCUT2D eigenvalue weighted by molar-refractivity contribution is 6.68.